The van der Waals surface area contributed by atoms with Gasteiger partial charge >= 0.3 is 0 Å². The third-order valence-electron chi connectivity index (χ3n) is 3.02. The summed E-state index contributed by atoms with van der Waals surface area (Å²) in [6, 6.07) is 0. The minimum Gasteiger partial charge on any atom is -0.337 e. The van der Waals surface area contributed by atoms with Crippen LogP contribution in [0.3, 0.4) is 0 Å². The zero-order valence-corrected chi connectivity index (χ0v) is 9.33. The Labute approximate surface area is 87.5 Å². The van der Waals surface area contributed by atoms with Gasteiger partial charge in [0.15, 0.2) is 0 Å². The molecule has 1 saturated carbocycles. The first-order valence-electron chi connectivity index (χ1n) is 4.86. The molecule has 0 atom stereocenters. The highest BCUT2D eigenvalue weighted by Crippen LogP contribution is 2.40. The highest BCUT2D eigenvalue weighted by Gasteiger charge is 2.32. The monoisotopic (exact) mass is 242 g/mol. The van der Waals surface area contributed by atoms with Crippen molar-refractivity contribution in [3.63, 3.8) is 0 Å². The van der Waals surface area contributed by atoms with Crippen molar-refractivity contribution in [2.45, 2.75) is 32.2 Å². The molecular weight excluding hydrogens is 228 g/mol. The molecule has 72 valence electrons. The molecule has 2 nitrogen and oxygen atoms in total. The molecule has 0 aromatic carbocycles. The number of alkyl halides is 1. The lowest BCUT2D eigenvalue weighted by molar-refractivity contribution is 0.292. The smallest absolute Gasteiger partial charge is 0.0946 e. The average Bonchev–Trinajstić information content (AvgIpc) is 2.77. The standard InChI is InChI=1S/C10H15BrN2/c11-7-10(3-1-2-4-10)8-13-6-5-12-9-13/h5-6,9H,1-4,7-8H2. The molecule has 0 aliphatic heterocycles. The molecule has 1 aromatic heterocycles. The first-order valence-corrected chi connectivity index (χ1v) is 5.99. The van der Waals surface area contributed by atoms with Crippen LogP contribution in [0.5, 0.6) is 0 Å². The quantitative estimate of drug-likeness (QED) is 0.746. The fourth-order valence-electron chi connectivity index (χ4n) is 2.23. The lowest BCUT2D eigenvalue weighted by atomic mass is 9.89. The fraction of sp³-hybridized carbons (Fsp3) is 0.700. The van der Waals surface area contributed by atoms with Crippen molar-refractivity contribution in [3.05, 3.63) is 18.7 Å². The summed E-state index contributed by atoms with van der Waals surface area (Å²) in [5.41, 5.74) is 0.501. The van der Waals surface area contributed by atoms with Crippen molar-refractivity contribution in [3.8, 4) is 0 Å². The Kier molecular flexibility index (Phi) is 2.72. The maximum atomic E-state index is 4.08. The van der Waals surface area contributed by atoms with Gasteiger partial charge < -0.3 is 4.57 Å². The first kappa shape index (κ1) is 9.25. The predicted molar refractivity (Wildman–Crippen MR) is 56.9 cm³/mol. The van der Waals surface area contributed by atoms with Crippen LogP contribution in [0.4, 0.5) is 0 Å². The Morgan fingerprint density at radius 2 is 2.15 bits per heavy atom. The van der Waals surface area contributed by atoms with Gasteiger partial charge in [-0.1, -0.05) is 28.8 Å². The summed E-state index contributed by atoms with van der Waals surface area (Å²) >= 11 is 3.65. The lowest BCUT2D eigenvalue weighted by Gasteiger charge is -2.26. The van der Waals surface area contributed by atoms with E-state index in [4.69, 9.17) is 0 Å². The van der Waals surface area contributed by atoms with Gasteiger partial charge in [0.25, 0.3) is 0 Å². The molecule has 1 aliphatic rings. The zero-order chi connectivity index (χ0) is 9.15. The Bertz CT molecular complexity index is 250. The van der Waals surface area contributed by atoms with Crippen LogP contribution in [-0.2, 0) is 6.54 Å². The van der Waals surface area contributed by atoms with Crippen molar-refractivity contribution in [1.29, 1.82) is 0 Å². The minimum absolute atomic E-state index is 0.501. The maximum absolute atomic E-state index is 4.08. The van der Waals surface area contributed by atoms with Crippen LogP contribution in [0, 0.1) is 5.41 Å². The second-order valence-corrected chi connectivity index (χ2v) is 4.64. The number of hydrogen-bond donors (Lipinski definition) is 0. The van der Waals surface area contributed by atoms with Crippen LogP contribution in [-0.4, -0.2) is 14.9 Å². The highest BCUT2D eigenvalue weighted by molar-refractivity contribution is 9.09. The molecule has 3 heteroatoms. The average molecular weight is 243 g/mol. The molecule has 0 saturated heterocycles. The van der Waals surface area contributed by atoms with Crippen molar-refractivity contribution in [2.24, 2.45) is 5.41 Å². The Morgan fingerprint density at radius 3 is 2.69 bits per heavy atom. The SMILES string of the molecule is BrCC1(Cn2ccnc2)CCCC1. The van der Waals surface area contributed by atoms with Crippen molar-refractivity contribution in [2.75, 3.05) is 5.33 Å². The summed E-state index contributed by atoms with van der Waals surface area (Å²) < 4.78 is 2.20. The van der Waals surface area contributed by atoms with Gasteiger partial charge in [-0.2, -0.15) is 0 Å². The van der Waals surface area contributed by atoms with E-state index >= 15 is 0 Å². The molecule has 2 rings (SSSR count). The normalized spacial score (nSPS) is 20.7. The van der Waals surface area contributed by atoms with Crippen LogP contribution in [0.25, 0.3) is 0 Å². The van der Waals surface area contributed by atoms with Gasteiger partial charge in [0, 0.05) is 24.3 Å². The number of rotatable bonds is 3. The summed E-state index contributed by atoms with van der Waals surface area (Å²) in [5, 5.41) is 1.12. The topological polar surface area (TPSA) is 17.8 Å². The third-order valence-corrected chi connectivity index (χ3v) is 4.21. The number of nitrogens with zero attached hydrogens (tertiary/aromatic N) is 2. The van der Waals surface area contributed by atoms with Crippen LogP contribution in [0.2, 0.25) is 0 Å². The molecule has 0 amide bonds. The predicted octanol–water partition coefficient (Wildman–Crippen LogP) is 2.84. The van der Waals surface area contributed by atoms with Gasteiger partial charge in [0.1, 0.15) is 0 Å². The third kappa shape index (κ3) is 1.96. The van der Waals surface area contributed by atoms with Crippen LogP contribution in [0.1, 0.15) is 25.7 Å². The molecule has 0 radical (unpaired) electrons. The summed E-state index contributed by atoms with van der Waals surface area (Å²) in [4.78, 5) is 4.08. The van der Waals surface area contributed by atoms with Gasteiger partial charge in [-0.25, -0.2) is 4.98 Å². The highest BCUT2D eigenvalue weighted by atomic mass is 79.9. The molecular formula is C10H15BrN2. The molecule has 0 N–H and O–H groups in total. The van der Waals surface area contributed by atoms with E-state index in [2.05, 4.69) is 31.7 Å². The van der Waals surface area contributed by atoms with E-state index in [0.717, 1.165) is 11.9 Å². The zero-order valence-electron chi connectivity index (χ0n) is 7.75. The van der Waals surface area contributed by atoms with Crippen molar-refractivity contribution in [1.82, 2.24) is 9.55 Å². The molecule has 1 fully saturated rings. The van der Waals surface area contributed by atoms with Crippen LogP contribution < -0.4 is 0 Å². The van der Waals surface area contributed by atoms with Crippen LogP contribution >= 0.6 is 15.9 Å². The Hall–Kier alpha value is -0.310. The maximum Gasteiger partial charge on any atom is 0.0946 e. The van der Waals surface area contributed by atoms with E-state index in [0.29, 0.717) is 5.41 Å². The van der Waals surface area contributed by atoms with E-state index in [-0.39, 0.29) is 0 Å². The lowest BCUT2D eigenvalue weighted by Crippen LogP contribution is -2.24. The van der Waals surface area contributed by atoms with Gasteiger partial charge in [0.05, 0.1) is 6.33 Å². The Morgan fingerprint density at radius 1 is 1.38 bits per heavy atom. The van der Waals surface area contributed by atoms with E-state index < -0.39 is 0 Å². The van der Waals surface area contributed by atoms with Gasteiger partial charge in [-0.05, 0) is 18.3 Å². The van der Waals surface area contributed by atoms with Crippen LogP contribution in [0.15, 0.2) is 18.7 Å². The molecule has 13 heavy (non-hydrogen) atoms. The molecule has 0 spiro atoms. The second kappa shape index (κ2) is 3.82. The number of aromatic nitrogens is 2. The molecule has 1 aromatic rings. The number of imidazole rings is 1. The summed E-state index contributed by atoms with van der Waals surface area (Å²) in [6.45, 7) is 1.12. The van der Waals surface area contributed by atoms with E-state index in [9.17, 15) is 0 Å². The minimum atomic E-state index is 0.501. The van der Waals surface area contributed by atoms with Crippen molar-refractivity contribution >= 4 is 15.9 Å². The van der Waals surface area contributed by atoms with Crippen molar-refractivity contribution < 1.29 is 0 Å². The number of hydrogen-bond acceptors (Lipinski definition) is 1. The van der Waals surface area contributed by atoms with Gasteiger partial charge in [-0.3, -0.25) is 0 Å². The second-order valence-electron chi connectivity index (χ2n) is 4.08. The summed E-state index contributed by atoms with van der Waals surface area (Å²) in [7, 11) is 0. The van der Waals surface area contributed by atoms with E-state index in [1.54, 1.807) is 0 Å². The Balaban J connectivity index is 2.06. The van der Waals surface area contributed by atoms with Gasteiger partial charge in [0.2, 0.25) is 0 Å². The largest absolute Gasteiger partial charge is 0.337 e. The number of halogens is 1. The fourth-order valence-corrected chi connectivity index (χ4v) is 2.96. The summed E-state index contributed by atoms with van der Waals surface area (Å²) in [5.74, 6) is 0. The molecule has 1 aliphatic carbocycles. The summed E-state index contributed by atoms with van der Waals surface area (Å²) in [6.07, 6.45) is 11.3. The van der Waals surface area contributed by atoms with E-state index in [1.165, 1.54) is 25.7 Å². The van der Waals surface area contributed by atoms with E-state index in [1.807, 2.05) is 12.5 Å². The first-order chi connectivity index (χ1) is 6.35. The molecule has 0 unspecified atom stereocenters. The molecule has 1 heterocycles. The van der Waals surface area contributed by atoms with Gasteiger partial charge in [-0.15, -0.1) is 0 Å². The molecule has 0 bridgehead atoms.